The lowest BCUT2D eigenvalue weighted by Gasteiger charge is -2.09. The molecular weight excluding hydrogens is 415 g/mol. The Hall–Kier alpha value is -0.670. The van der Waals surface area contributed by atoms with Crippen molar-refractivity contribution >= 4 is 52.6 Å². The summed E-state index contributed by atoms with van der Waals surface area (Å²) in [6.07, 6.45) is 1.90. The number of nitrogens with one attached hydrogen (secondary N) is 2. The highest BCUT2D eigenvalue weighted by Gasteiger charge is 2.02. The van der Waals surface area contributed by atoms with Gasteiger partial charge in [-0.3, -0.25) is 0 Å². The van der Waals surface area contributed by atoms with Crippen LogP contribution in [0.1, 0.15) is 26.6 Å². The van der Waals surface area contributed by atoms with Crippen molar-refractivity contribution in [2.24, 2.45) is 4.99 Å². The van der Waals surface area contributed by atoms with E-state index in [1.807, 2.05) is 6.20 Å². The number of thiophene rings is 1. The van der Waals surface area contributed by atoms with Gasteiger partial charge in [0, 0.05) is 27.4 Å². The fourth-order valence-corrected chi connectivity index (χ4v) is 3.25. The fraction of sp³-hybridized carbons (Fsp3) is 0.429. The summed E-state index contributed by atoms with van der Waals surface area (Å²) in [7, 11) is 0. The molecule has 0 aromatic carbocycles. The maximum atomic E-state index is 4.60. The first kappa shape index (κ1) is 18.4. The van der Waals surface area contributed by atoms with Crippen molar-refractivity contribution < 1.29 is 0 Å². The molecule has 0 spiro atoms. The first-order valence-corrected chi connectivity index (χ1v) is 8.29. The van der Waals surface area contributed by atoms with Crippen molar-refractivity contribution in [3.05, 3.63) is 38.0 Å². The zero-order valence-electron chi connectivity index (χ0n) is 12.5. The fourth-order valence-electron chi connectivity index (χ4n) is 1.71. The third kappa shape index (κ3) is 6.31. The van der Waals surface area contributed by atoms with E-state index in [0.717, 1.165) is 17.5 Å². The van der Waals surface area contributed by atoms with Crippen LogP contribution in [0.3, 0.4) is 0 Å². The molecule has 0 bridgehead atoms. The molecule has 0 aliphatic carbocycles. The van der Waals surface area contributed by atoms with Gasteiger partial charge in [0.05, 0.1) is 13.1 Å². The van der Waals surface area contributed by atoms with Crippen molar-refractivity contribution in [2.45, 2.75) is 33.9 Å². The van der Waals surface area contributed by atoms with Crippen LogP contribution in [0.4, 0.5) is 0 Å². The van der Waals surface area contributed by atoms with Crippen LogP contribution in [0, 0.1) is 13.8 Å². The second-order valence-electron chi connectivity index (χ2n) is 4.43. The Kier molecular flexibility index (Phi) is 8.20. The molecule has 4 nitrogen and oxygen atoms in total. The zero-order valence-corrected chi connectivity index (χ0v) is 16.4. The van der Waals surface area contributed by atoms with E-state index in [1.165, 1.54) is 14.6 Å². The molecule has 0 aliphatic rings. The van der Waals surface area contributed by atoms with Crippen LogP contribution in [0.5, 0.6) is 0 Å². The van der Waals surface area contributed by atoms with E-state index in [4.69, 9.17) is 0 Å². The molecular formula is C14H21IN4S2. The van der Waals surface area contributed by atoms with E-state index >= 15 is 0 Å². The van der Waals surface area contributed by atoms with E-state index in [0.29, 0.717) is 13.1 Å². The van der Waals surface area contributed by atoms with Gasteiger partial charge in [-0.2, -0.15) is 0 Å². The number of halogens is 1. The van der Waals surface area contributed by atoms with Crippen LogP contribution in [0.15, 0.2) is 23.3 Å². The van der Waals surface area contributed by atoms with Gasteiger partial charge in [-0.25, -0.2) is 9.98 Å². The predicted molar refractivity (Wildman–Crippen MR) is 103 cm³/mol. The van der Waals surface area contributed by atoms with Gasteiger partial charge < -0.3 is 10.6 Å². The second-order valence-corrected chi connectivity index (χ2v) is 7.12. The Bertz CT molecular complexity index is 577. The summed E-state index contributed by atoms with van der Waals surface area (Å²) in [4.78, 5) is 12.8. The smallest absolute Gasteiger partial charge is 0.191 e. The van der Waals surface area contributed by atoms with E-state index < -0.39 is 0 Å². The number of thiazole rings is 1. The zero-order chi connectivity index (χ0) is 14.4. The number of nitrogens with zero attached hydrogens (tertiary/aromatic N) is 2. The molecule has 0 radical (unpaired) electrons. The van der Waals surface area contributed by atoms with Crippen molar-refractivity contribution in [1.29, 1.82) is 0 Å². The molecule has 0 aliphatic heterocycles. The van der Waals surface area contributed by atoms with Gasteiger partial charge in [0.25, 0.3) is 0 Å². The van der Waals surface area contributed by atoms with Crippen LogP contribution in [0.25, 0.3) is 0 Å². The lowest BCUT2D eigenvalue weighted by atomic mass is 10.4. The first-order valence-electron chi connectivity index (χ1n) is 6.66. The summed E-state index contributed by atoms with van der Waals surface area (Å²) in [6, 6.07) is 4.27. The largest absolute Gasteiger partial charge is 0.357 e. The Morgan fingerprint density at radius 1 is 1.19 bits per heavy atom. The molecule has 21 heavy (non-hydrogen) atoms. The highest BCUT2D eigenvalue weighted by molar-refractivity contribution is 14.0. The average Bonchev–Trinajstić information content (AvgIpc) is 3.02. The second kappa shape index (κ2) is 9.37. The van der Waals surface area contributed by atoms with Crippen LogP contribution in [0.2, 0.25) is 0 Å². The van der Waals surface area contributed by atoms with Gasteiger partial charge >= 0.3 is 0 Å². The van der Waals surface area contributed by atoms with Gasteiger partial charge in [0.2, 0.25) is 0 Å². The van der Waals surface area contributed by atoms with Crippen molar-refractivity contribution in [2.75, 3.05) is 6.54 Å². The van der Waals surface area contributed by atoms with Crippen LogP contribution < -0.4 is 10.6 Å². The number of rotatable bonds is 5. The number of guanidine groups is 1. The Labute approximate surface area is 151 Å². The summed E-state index contributed by atoms with van der Waals surface area (Å²) in [5, 5.41) is 7.66. The van der Waals surface area contributed by atoms with E-state index in [-0.39, 0.29) is 24.0 Å². The lowest BCUT2D eigenvalue weighted by molar-refractivity contribution is 0.813. The number of aromatic nitrogens is 1. The summed E-state index contributed by atoms with van der Waals surface area (Å²) in [5.74, 6) is 0.839. The number of aliphatic imine (C=N–C) groups is 1. The Morgan fingerprint density at radius 3 is 2.57 bits per heavy atom. The van der Waals surface area contributed by atoms with Gasteiger partial charge in [0.1, 0.15) is 5.01 Å². The molecule has 0 saturated heterocycles. The highest BCUT2D eigenvalue weighted by Crippen LogP contribution is 2.15. The van der Waals surface area contributed by atoms with E-state index in [1.54, 1.807) is 22.7 Å². The molecule has 2 N–H and O–H groups in total. The standard InChI is InChI=1S/C14H20N4S2.HI/c1-4-15-14(17-8-12-6-5-10(2)19-12)18-9-13-16-7-11(3)20-13;/h5-7H,4,8-9H2,1-3H3,(H2,15,17,18);1H. The minimum absolute atomic E-state index is 0. The Balaban J connectivity index is 0.00000220. The predicted octanol–water partition coefficient (Wildman–Crippen LogP) is 3.69. The summed E-state index contributed by atoms with van der Waals surface area (Å²) in [5.41, 5.74) is 0. The molecule has 2 aromatic rings. The average molecular weight is 436 g/mol. The molecule has 7 heteroatoms. The third-order valence-electron chi connectivity index (χ3n) is 2.61. The summed E-state index contributed by atoms with van der Waals surface area (Å²) < 4.78 is 0. The van der Waals surface area contributed by atoms with Gasteiger partial charge in [0.15, 0.2) is 5.96 Å². The van der Waals surface area contributed by atoms with Crippen molar-refractivity contribution in [3.63, 3.8) is 0 Å². The van der Waals surface area contributed by atoms with Crippen molar-refractivity contribution in [1.82, 2.24) is 15.6 Å². The van der Waals surface area contributed by atoms with Crippen molar-refractivity contribution in [3.8, 4) is 0 Å². The maximum Gasteiger partial charge on any atom is 0.191 e. The molecule has 0 atom stereocenters. The van der Waals surface area contributed by atoms with Gasteiger partial charge in [-0.05, 0) is 32.9 Å². The third-order valence-corrected chi connectivity index (χ3v) is 4.51. The summed E-state index contributed by atoms with van der Waals surface area (Å²) >= 11 is 3.50. The number of hydrogen-bond acceptors (Lipinski definition) is 4. The van der Waals surface area contributed by atoms with E-state index in [9.17, 15) is 0 Å². The minimum Gasteiger partial charge on any atom is -0.357 e. The molecule has 116 valence electrons. The van der Waals surface area contributed by atoms with Crippen LogP contribution >= 0.6 is 46.7 Å². The number of hydrogen-bond donors (Lipinski definition) is 2. The first-order chi connectivity index (χ1) is 9.67. The normalized spacial score (nSPS) is 11.1. The molecule has 0 unspecified atom stereocenters. The van der Waals surface area contributed by atoms with E-state index in [2.05, 4.69) is 53.5 Å². The lowest BCUT2D eigenvalue weighted by Crippen LogP contribution is -2.36. The van der Waals surface area contributed by atoms with Crippen LogP contribution in [-0.4, -0.2) is 17.5 Å². The molecule has 0 amide bonds. The topological polar surface area (TPSA) is 49.3 Å². The highest BCUT2D eigenvalue weighted by atomic mass is 127. The molecule has 2 heterocycles. The van der Waals surface area contributed by atoms with Gasteiger partial charge in [-0.15, -0.1) is 46.7 Å². The number of aryl methyl sites for hydroxylation is 2. The molecule has 2 rings (SSSR count). The SMILES string of the molecule is CCNC(=NCc1ccc(C)s1)NCc1ncc(C)s1.I. The molecule has 0 fully saturated rings. The summed E-state index contributed by atoms with van der Waals surface area (Å²) in [6.45, 7) is 8.54. The van der Waals surface area contributed by atoms with Gasteiger partial charge in [-0.1, -0.05) is 0 Å². The minimum atomic E-state index is 0. The molecule has 0 saturated carbocycles. The Morgan fingerprint density at radius 2 is 2.00 bits per heavy atom. The maximum absolute atomic E-state index is 4.60. The van der Waals surface area contributed by atoms with Crippen LogP contribution in [-0.2, 0) is 13.1 Å². The monoisotopic (exact) mass is 436 g/mol. The quantitative estimate of drug-likeness (QED) is 0.427. The molecule has 2 aromatic heterocycles.